The zero-order valence-electron chi connectivity index (χ0n) is 10.8. The predicted octanol–water partition coefficient (Wildman–Crippen LogP) is 2.45. The average molecular weight is 232 g/mol. The van der Waals surface area contributed by atoms with Crippen molar-refractivity contribution in [2.45, 2.75) is 27.2 Å². The molecule has 0 atom stereocenters. The Bertz CT molecular complexity index is 452. The molecule has 2 rings (SSSR count). The minimum absolute atomic E-state index is 0.0665. The molecule has 1 heterocycles. The van der Waals surface area contributed by atoms with Crippen molar-refractivity contribution < 1.29 is 4.79 Å². The number of anilines is 1. The third-order valence-electron chi connectivity index (χ3n) is 3.40. The molecule has 1 amide bonds. The van der Waals surface area contributed by atoms with Gasteiger partial charge in [0.05, 0.1) is 5.56 Å². The van der Waals surface area contributed by atoms with Crippen LogP contribution in [0.2, 0.25) is 0 Å². The van der Waals surface area contributed by atoms with E-state index in [9.17, 15) is 4.79 Å². The van der Waals surface area contributed by atoms with Crippen LogP contribution in [0.3, 0.4) is 0 Å². The van der Waals surface area contributed by atoms with Crippen LogP contribution in [0, 0.1) is 12.3 Å². The molecule has 92 valence electrons. The Balaban J connectivity index is 2.23. The fourth-order valence-electron chi connectivity index (χ4n) is 2.31. The molecule has 2 N–H and O–H groups in total. The Morgan fingerprint density at radius 3 is 2.71 bits per heavy atom. The van der Waals surface area contributed by atoms with Crippen LogP contribution in [0.25, 0.3) is 0 Å². The van der Waals surface area contributed by atoms with E-state index in [4.69, 9.17) is 5.73 Å². The highest BCUT2D eigenvalue weighted by atomic mass is 16.2. The van der Waals surface area contributed by atoms with E-state index in [1.807, 2.05) is 30.0 Å². The zero-order valence-corrected chi connectivity index (χ0v) is 10.8. The van der Waals surface area contributed by atoms with Crippen LogP contribution in [0.5, 0.6) is 0 Å². The molecule has 3 heteroatoms. The molecule has 17 heavy (non-hydrogen) atoms. The highest BCUT2D eigenvalue weighted by molar-refractivity contribution is 5.99. The van der Waals surface area contributed by atoms with Gasteiger partial charge in [-0.05, 0) is 30.9 Å². The quantitative estimate of drug-likeness (QED) is 0.756. The molecule has 1 aromatic rings. The van der Waals surface area contributed by atoms with Gasteiger partial charge in [0, 0.05) is 18.8 Å². The minimum Gasteiger partial charge on any atom is -0.398 e. The normalized spacial score (nSPS) is 18.4. The molecule has 3 nitrogen and oxygen atoms in total. The summed E-state index contributed by atoms with van der Waals surface area (Å²) >= 11 is 0. The Labute approximate surface area is 103 Å². The van der Waals surface area contributed by atoms with Gasteiger partial charge in [0.2, 0.25) is 0 Å². The Kier molecular flexibility index (Phi) is 2.86. The summed E-state index contributed by atoms with van der Waals surface area (Å²) in [5, 5.41) is 0. The molecule has 0 spiro atoms. The second kappa shape index (κ2) is 4.06. The van der Waals surface area contributed by atoms with Crippen molar-refractivity contribution in [3.05, 3.63) is 29.3 Å². The first-order chi connectivity index (χ1) is 7.89. The number of nitrogen functional groups attached to an aromatic ring is 1. The molecule has 1 saturated heterocycles. The number of hydrogen-bond acceptors (Lipinski definition) is 2. The van der Waals surface area contributed by atoms with Crippen LogP contribution in [0.15, 0.2) is 18.2 Å². The number of aryl methyl sites for hydroxylation is 1. The smallest absolute Gasteiger partial charge is 0.255 e. The summed E-state index contributed by atoms with van der Waals surface area (Å²) < 4.78 is 0. The van der Waals surface area contributed by atoms with Crippen LogP contribution in [-0.4, -0.2) is 23.9 Å². The van der Waals surface area contributed by atoms with Crippen molar-refractivity contribution in [1.82, 2.24) is 4.90 Å². The number of rotatable bonds is 1. The number of nitrogens with zero attached hydrogens (tertiary/aromatic N) is 1. The van der Waals surface area contributed by atoms with Gasteiger partial charge < -0.3 is 10.6 Å². The zero-order chi connectivity index (χ0) is 12.6. The summed E-state index contributed by atoms with van der Waals surface area (Å²) in [5.74, 6) is 0.0665. The van der Waals surface area contributed by atoms with Crippen molar-refractivity contribution in [3.8, 4) is 0 Å². The molecule has 0 saturated carbocycles. The molecule has 0 radical (unpaired) electrons. The minimum atomic E-state index is 0.0665. The first-order valence-electron chi connectivity index (χ1n) is 6.04. The maximum Gasteiger partial charge on any atom is 0.255 e. The van der Waals surface area contributed by atoms with Gasteiger partial charge in [-0.3, -0.25) is 4.79 Å². The summed E-state index contributed by atoms with van der Waals surface area (Å²) in [7, 11) is 0. The lowest BCUT2D eigenvalue weighted by atomic mass is 9.93. The number of amides is 1. The fraction of sp³-hybridized carbons (Fsp3) is 0.500. The lowest BCUT2D eigenvalue weighted by Gasteiger charge is -2.20. The standard InChI is InChI=1S/C14H20N2O/c1-10-4-5-12(15)11(8-10)13(17)16-7-6-14(2,3)9-16/h4-5,8H,6-7,9,15H2,1-3H3. The molecule has 0 bridgehead atoms. The van der Waals surface area contributed by atoms with E-state index in [-0.39, 0.29) is 11.3 Å². The largest absolute Gasteiger partial charge is 0.398 e. The molecule has 0 aromatic heterocycles. The van der Waals surface area contributed by atoms with E-state index in [0.717, 1.165) is 25.1 Å². The lowest BCUT2D eigenvalue weighted by Crippen LogP contribution is -2.30. The molecule has 0 aliphatic carbocycles. The first kappa shape index (κ1) is 12.0. The van der Waals surface area contributed by atoms with Crippen molar-refractivity contribution >= 4 is 11.6 Å². The fourth-order valence-corrected chi connectivity index (χ4v) is 2.31. The van der Waals surface area contributed by atoms with E-state index >= 15 is 0 Å². The number of carbonyl (C=O) groups excluding carboxylic acids is 1. The van der Waals surface area contributed by atoms with Crippen molar-refractivity contribution in [1.29, 1.82) is 0 Å². The molecule has 1 aliphatic rings. The van der Waals surface area contributed by atoms with Gasteiger partial charge in [-0.15, -0.1) is 0 Å². The predicted molar refractivity (Wildman–Crippen MR) is 69.9 cm³/mol. The number of likely N-dealkylation sites (tertiary alicyclic amines) is 1. The second-order valence-electron chi connectivity index (χ2n) is 5.73. The summed E-state index contributed by atoms with van der Waals surface area (Å²) in [6.45, 7) is 8.02. The van der Waals surface area contributed by atoms with E-state index in [1.54, 1.807) is 0 Å². The van der Waals surface area contributed by atoms with Gasteiger partial charge in [-0.2, -0.15) is 0 Å². The SMILES string of the molecule is Cc1ccc(N)c(C(=O)N2CCC(C)(C)C2)c1. The van der Waals surface area contributed by atoms with Gasteiger partial charge in [-0.25, -0.2) is 0 Å². The maximum atomic E-state index is 12.4. The molecular weight excluding hydrogens is 212 g/mol. The summed E-state index contributed by atoms with van der Waals surface area (Å²) in [5.41, 5.74) is 8.39. The number of nitrogens with two attached hydrogens (primary N) is 1. The highest BCUT2D eigenvalue weighted by Crippen LogP contribution is 2.30. The van der Waals surface area contributed by atoms with Crippen molar-refractivity contribution in [3.63, 3.8) is 0 Å². The molecule has 1 aromatic carbocycles. The molecule has 0 unspecified atom stereocenters. The van der Waals surface area contributed by atoms with Crippen LogP contribution < -0.4 is 5.73 Å². The van der Waals surface area contributed by atoms with Gasteiger partial charge in [0.1, 0.15) is 0 Å². The Hall–Kier alpha value is -1.51. The van der Waals surface area contributed by atoms with Gasteiger partial charge >= 0.3 is 0 Å². The van der Waals surface area contributed by atoms with Crippen molar-refractivity contribution in [2.75, 3.05) is 18.8 Å². The molecular formula is C14H20N2O. The number of carbonyl (C=O) groups is 1. The molecule has 1 fully saturated rings. The topological polar surface area (TPSA) is 46.3 Å². The number of hydrogen-bond donors (Lipinski definition) is 1. The maximum absolute atomic E-state index is 12.4. The van der Waals surface area contributed by atoms with Crippen LogP contribution in [0.4, 0.5) is 5.69 Å². The average Bonchev–Trinajstić information content (AvgIpc) is 2.61. The van der Waals surface area contributed by atoms with E-state index in [1.165, 1.54) is 0 Å². The van der Waals surface area contributed by atoms with Gasteiger partial charge in [0.15, 0.2) is 0 Å². The van der Waals surface area contributed by atoms with Crippen LogP contribution >= 0.6 is 0 Å². The van der Waals surface area contributed by atoms with Crippen molar-refractivity contribution in [2.24, 2.45) is 5.41 Å². The van der Waals surface area contributed by atoms with E-state index in [2.05, 4.69) is 13.8 Å². The Morgan fingerprint density at radius 2 is 2.12 bits per heavy atom. The summed E-state index contributed by atoms with van der Waals surface area (Å²) in [6, 6.07) is 5.62. The lowest BCUT2D eigenvalue weighted by molar-refractivity contribution is 0.0779. The third-order valence-corrected chi connectivity index (χ3v) is 3.40. The highest BCUT2D eigenvalue weighted by Gasteiger charge is 2.32. The monoisotopic (exact) mass is 232 g/mol. The van der Waals surface area contributed by atoms with E-state index in [0.29, 0.717) is 11.3 Å². The summed E-state index contributed by atoms with van der Waals surface area (Å²) in [6.07, 6.45) is 1.06. The molecule has 1 aliphatic heterocycles. The number of benzene rings is 1. The second-order valence-corrected chi connectivity index (χ2v) is 5.73. The van der Waals surface area contributed by atoms with Crippen LogP contribution in [0.1, 0.15) is 36.2 Å². The first-order valence-corrected chi connectivity index (χ1v) is 6.04. The van der Waals surface area contributed by atoms with Gasteiger partial charge in [-0.1, -0.05) is 25.5 Å². The third kappa shape index (κ3) is 2.43. The summed E-state index contributed by atoms with van der Waals surface area (Å²) in [4.78, 5) is 14.3. The van der Waals surface area contributed by atoms with Gasteiger partial charge in [0.25, 0.3) is 5.91 Å². The Morgan fingerprint density at radius 1 is 1.41 bits per heavy atom. The van der Waals surface area contributed by atoms with E-state index < -0.39 is 0 Å². The van der Waals surface area contributed by atoms with Crippen LogP contribution in [-0.2, 0) is 0 Å².